The van der Waals surface area contributed by atoms with Gasteiger partial charge in [-0.3, -0.25) is 4.79 Å². The number of benzene rings is 1. The monoisotopic (exact) mass is 302 g/mol. The van der Waals surface area contributed by atoms with Crippen molar-refractivity contribution in [3.8, 4) is 0 Å². The first-order chi connectivity index (χ1) is 9.08. The number of hydrogen-bond donors (Lipinski definition) is 2. The number of ether oxygens (including phenoxy) is 1. The zero-order chi connectivity index (χ0) is 13.8. The average molecular weight is 303 g/mol. The van der Waals surface area contributed by atoms with Gasteiger partial charge in [0.15, 0.2) is 0 Å². The molecule has 1 aliphatic rings. The van der Waals surface area contributed by atoms with Crippen molar-refractivity contribution in [3.05, 3.63) is 27.7 Å². The van der Waals surface area contributed by atoms with Gasteiger partial charge in [-0.2, -0.15) is 0 Å². The number of anilines is 1. The van der Waals surface area contributed by atoms with E-state index in [0.29, 0.717) is 17.8 Å². The number of carbonyl (C=O) groups is 1. The first-order valence-electron chi connectivity index (χ1n) is 6.22. The summed E-state index contributed by atoms with van der Waals surface area (Å²) in [6.45, 7) is 1.23. The van der Waals surface area contributed by atoms with E-state index in [4.69, 9.17) is 33.7 Å². The van der Waals surface area contributed by atoms with Crippen LogP contribution in [-0.4, -0.2) is 25.2 Å². The average Bonchev–Trinajstić information content (AvgIpc) is 2.41. The van der Waals surface area contributed by atoms with E-state index in [1.165, 1.54) is 12.1 Å². The molecule has 1 aliphatic heterocycles. The third kappa shape index (κ3) is 3.75. The van der Waals surface area contributed by atoms with Crippen LogP contribution in [0.5, 0.6) is 0 Å². The lowest BCUT2D eigenvalue weighted by molar-refractivity contribution is 0.0169. The maximum Gasteiger partial charge on any atom is 0.253 e. The summed E-state index contributed by atoms with van der Waals surface area (Å²) in [7, 11) is 0. The SMILES string of the molecule is Nc1cc(Cl)c(Cl)c(C(=O)NCC2CCCCO2)c1. The lowest BCUT2D eigenvalue weighted by atomic mass is 10.1. The van der Waals surface area contributed by atoms with Gasteiger partial charge < -0.3 is 15.8 Å². The summed E-state index contributed by atoms with van der Waals surface area (Å²) in [5.74, 6) is -0.284. The number of nitrogen functional groups attached to an aromatic ring is 1. The Morgan fingerprint density at radius 3 is 2.89 bits per heavy atom. The van der Waals surface area contributed by atoms with Crippen LogP contribution in [0.1, 0.15) is 29.6 Å². The fourth-order valence-electron chi connectivity index (χ4n) is 2.05. The smallest absolute Gasteiger partial charge is 0.253 e. The number of nitrogens with one attached hydrogen (secondary N) is 1. The highest BCUT2D eigenvalue weighted by atomic mass is 35.5. The molecule has 0 bridgehead atoms. The van der Waals surface area contributed by atoms with Crippen LogP contribution in [0.15, 0.2) is 12.1 Å². The van der Waals surface area contributed by atoms with Crippen molar-refractivity contribution in [1.82, 2.24) is 5.32 Å². The van der Waals surface area contributed by atoms with Gasteiger partial charge in [0.2, 0.25) is 0 Å². The van der Waals surface area contributed by atoms with Crippen LogP contribution < -0.4 is 11.1 Å². The summed E-state index contributed by atoms with van der Waals surface area (Å²) in [5, 5.41) is 3.30. The molecule has 0 spiro atoms. The lowest BCUT2D eigenvalue weighted by Gasteiger charge is -2.22. The molecule has 2 rings (SSSR count). The maximum absolute atomic E-state index is 12.0. The fourth-order valence-corrected chi connectivity index (χ4v) is 2.47. The van der Waals surface area contributed by atoms with Crippen molar-refractivity contribution >= 4 is 34.8 Å². The molecular formula is C13H16Cl2N2O2. The van der Waals surface area contributed by atoms with Gasteiger partial charge in [-0.1, -0.05) is 23.2 Å². The third-order valence-corrected chi connectivity index (χ3v) is 3.86. The Morgan fingerprint density at radius 1 is 1.42 bits per heavy atom. The van der Waals surface area contributed by atoms with Gasteiger partial charge in [-0.05, 0) is 31.4 Å². The quantitative estimate of drug-likeness (QED) is 0.844. The second-order valence-corrected chi connectivity index (χ2v) is 5.35. The molecule has 1 saturated heterocycles. The standard InChI is InChI=1S/C13H16Cl2N2O2/c14-11-6-8(16)5-10(12(11)15)13(18)17-7-9-3-1-2-4-19-9/h5-6,9H,1-4,7,16H2,(H,17,18). The molecule has 0 radical (unpaired) electrons. The highest BCUT2D eigenvalue weighted by molar-refractivity contribution is 6.44. The van der Waals surface area contributed by atoms with E-state index >= 15 is 0 Å². The van der Waals surface area contributed by atoms with Crippen LogP contribution in [0.4, 0.5) is 5.69 Å². The van der Waals surface area contributed by atoms with Crippen molar-refractivity contribution in [2.24, 2.45) is 0 Å². The van der Waals surface area contributed by atoms with Gasteiger partial charge in [-0.15, -0.1) is 0 Å². The number of rotatable bonds is 3. The minimum Gasteiger partial charge on any atom is -0.399 e. The van der Waals surface area contributed by atoms with Gasteiger partial charge in [0, 0.05) is 18.8 Å². The second-order valence-electron chi connectivity index (χ2n) is 4.56. The van der Waals surface area contributed by atoms with Crippen LogP contribution in [0.2, 0.25) is 10.0 Å². The molecule has 1 atom stereocenters. The molecule has 1 aromatic carbocycles. The van der Waals surface area contributed by atoms with Crippen LogP contribution >= 0.6 is 23.2 Å². The fraction of sp³-hybridized carbons (Fsp3) is 0.462. The number of halogens is 2. The molecule has 1 fully saturated rings. The lowest BCUT2D eigenvalue weighted by Crippen LogP contribution is -2.35. The molecule has 3 N–H and O–H groups in total. The Labute approximate surface area is 122 Å². The van der Waals surface area contributed by atoms with E-state index < -0.39 is 0 Å². The second kappa shape index (κ2) is 6.46. The zero-order valence-corrected chi connectivity index (χ0v) is 11.9. The highest BCUT2D eigenvalue weighted by Gasteiger charge is 2.18. The zero-order valence-electron chi connectivity index (χ0n) is 10.4. The largest absolute Gasteiger partial charge is 0.399 e. The van der Waals surface area contributed by atoms with E-state index in [1.807, 2.05) is 0 Å². The minimum absolute atomic E-state index is 0.0769. The van der Waals surface area contributed by atoms with E-state index in [9.17, 15) is 4.79 Å². The summed E-state index contributed by atoms with van der Waals surface area (Å²) in [6, 6.07) is 3.04. The molecule has 1 amide bonds. The van der Waals surface area contributed by atoms with Crippen LogP contribution in [0.3, 0.4) is 0 Å². The molecular weight excluding hydrogens is 287 g/mol. The number of nitrogens with two attached hydrogens (primary N) is 1. The molecule has 104 valence electrons. The van der Waals surface area contributed by atoms with Crippen molar-refractivity contribution < 1.29 is 9.53 Å². The Hall–Kier alpha value is -0.970. The summed E-state index contributed by atoms with van der Waals surface area (Å²) in [4.78, 5) is 12.0. The molecule has 0 saturated carbocycles. The minimum atomic E-state index is -0.284. The van der Waals surface area contributed by atoms with Gasteiger partial charge in [0.05, 0.1) is 21.7 Å². The Morgan fingerprint density at radius 2 is 2.21 bits per heavy atom. The molecule has 0 aliphatic carbocycles. The summed E-state index contributed by atoms with van der Waals surface area (Å²) < 4.78 is 5.54. The van der Waals surface area contributed by atoms with Crippen molar-refractivity contribution in [3.63, 3.8) is 0 Å². The van der Waals surface area contributed by atoms with E-state index in [-0.39, 0.29) is 22.1 Å². The Bertz CT molecular complexity index is 474. The summed E-state index contributed by atoms with van der Waals surface area (Å²) in [6.07, 6.45) is 3.26. The molecule has 1 heterocycles. The molecule has 6 heteroatoms. The topological polar surface area (TPSA) is 64.4 Å². The van der Waals surface area contributed by atoms with E-state index in [1.54, 1.807) is 0 Å². The summed E-state index contributed by atoms with van der Waals surface area (Å²) >= 11 is 11.9. The Kier molecular flexibility index (Phi) is 4.91. The number of hydrogen-bond acceptors (Lipinski definition) is 3. The first kappa shape index (κ1) is 14.4. The maximum atomic E-state index is 12.0. The first-order valence-corrected chi connectivity index (χ1v) is 6.98. The predicted octanol–water partition coefficient (Wildman–Crippen LogP) is 2.87. The van der Waals surface area contributed by atoms with Crippen LogP contribution in [0, 0.1) is 0 Å². The third-order valence-electron chi connectivity index (χ3n) is 3.06. The van der Waals surface area contributed by atoms with Crippen molar-refractivity contribution in [1.29, 1.82) is 0 Å². The van der Waals surface area contributed by atoms with Gasteiger partial charge in [0.1, 0.15) is 0 Å². The van der Waals surface area contributed by atoms with Crippen LogP contribution in [0.25, 0.3) is 0 Å². The molecule has 1 unspecified atom stereocenters. The molecule has 4 nitrogen and oxygen atoms in total. The summed E-state index contributed by atoms with van der Waals surface area (Å²) in [5.41, 5.74) is 6.36. The number of carbonyl (C=O) groups excluding carboxylic acids is 1. The Balaban J connectivity index is 1.99. The number of amides is 1. The normalized spacial score (nSPS) is 19.2. The molecule has 1 aromatic rings. The van der Waals surface area contributed by atoms with E-state index in [0.717, 1.165) is 25.9 Å². The predicted molar refractivity (Wildman–Crippen MR) is 76.8 cm³/mol. The van der Waals surface area contributed by atoms with Gasteiger partial charge in [0.25, 0.3) is 5.91 Å². The van der Waals surface area contributed by atoms with E-state index in [2.05, 4.69) is 5.32 Å². The highest BCUT2D eigenvalue weighted by Crippen LogP contribution is 2.28. The van der Waals surface area contributed by atoms with Crippen molar-refractivity contribution in [2.75, 3.05) is 18.9 Å². The van der Waals surface area contributed by atoms with Crippen molar-refractivity contribution in [2.45, 2.75) is 25.4 Å². The molecule has 0 aromatic heterocycles. The van der Waals surface area contributed by atoms with Crippen LogP contribution in [-0.2, 0) is 4.74 Å². The van der Waals surface area contributed by atoms with Gasteiger partial charge in [-0.25, -0.2) is 0 Å². The van der Waals surface area contributed by atoms with Gasteiger partial charge >= 0.3 is 0 Å². The molecule has 19 heavy (non-hydrogen) atoms.